The summed E-state index contributed by atoms with van der Waals surface area (Å²) in [6, 6.07) is 14.8. The highest BCUT2D eigenvalue weighted by Crippen LogP contribution is 2.38. The van der Waals surface area contributed by atoms with Gasteiger partial charge in [-0.05, 0) is 73.4 Å². The molecule has 2 aliphatic rings. The first-order valence-corrected chi connectivity index (χ1v) is 10.0. The third kappa shape index (κ3) is 3.63. The normalized spacial score (nSPS) is 25.1. The lowest BCUT2D eigenvalue weighted by molar-refractivity contribution is -0.139. The smallest absolute Gasteiger partial charge is 0.226 e. The number of rotatable bonds is 3. The van der Waals surface area contributed by atoms with Crippen molar-refractivity contribution >= 4 is 5.91 Å². The summed E-state index contributed by atoms with van der Waals surface area (Å²) in [5, 5.41) is 0. The first-order valence-electron chi connectivity index (χ1n) is 10.0. The van der Waals surface area contributed by atoms with Crippen LogP contribution in [-0.4, -0.2) is 23.9 Å². The molecule has 1 atom stereocenters. The maximum atomic E-state index is 13.5. The van der Waals surface area contributed by atoms with Gasteiger partial charge in [0.15, 0.2) is 0 Å². The second-order valence-electron chi connectivity index (χ2n) is 7.89. The number of carbonyl (C=O) groups excluding carboxylic acids is 1. The van der Waals surface area contributed by atoms with Crippen molar-refractivity contribution in [2.75, 3.05) is 13.1 Å². The van der Waals surface area contributed by atoms with Crippen molar-refractivity contribution in [2.24, 2.45) is 17.6 Å². The van der Waals surface area contributed by atoms with Gasteiger partial charge in [-0.25, -0.2) is 4.39 Å². The van der Waals surface area contributed by atoms with Gasteiger partial charge in [0, 0.05) is 12.5 Å². The minimum Gasteiger partial charge on any atom is -0.331 e. The Bertz CT molecular complexity index is 796. The Morgan fingerprint density at radius 1 is 1.04 bits per heavy atom. The fourth-order valence-electron chi connectivity index (χ4n) is 4.69. The number of nitrogens with zero attached hydrogens (tertiary/aromatic N) is 1. The van der Waals surface area contributed by atoms with Gasteiger partial charge in [-0.15, -0.1) is 0 Å². The largest absolute Gasteiger partial charge is 0.331 e. The second-order valence-corrected chi connectivity index (χ2v) is 7.89. The van der Waals surface area contributed by atoms with Crippen LogP contribution in [0, 0.1) is 17.7 Å². The van der Waals surface area contributed by atoms with Gasteiger partial charge in [0.1, 0.15) is 5.82 Å². The van der Waals surface area contributed by atoms with Crippen molar-refractivity contribution in [3.8, 4) is 0 Å². The molecule has 4 rings (SSSR count). The fourth-order valence-corrected chi connectivity index (χ4v) is 4.69. The lowest BCUT2D eigenvalue weighted by atomic mass is 9.80. The molecular formula is C23H27FN2O. The Morgan fingerprint density at radius 2 is 1.74 bits per heavy atom. The number of fused-ring (bicyclic) bond motifs is 1. The van der Waals surface area contributed by atoms with Gasteiger partial charge in [-0.2, -0.15) is 0 Å². The van der Waals surface area contributed by atoms with E-state index in [2.05, 4.69) is 12.1 Å². The van der Waals surface area contributed by atoms with Gasteiger partial charge in [0.05, 0.1) is 6.04 Å². The molecule has 2 N–H and O–H groups in total. The molecule has 1 heterocycles. The molecule has 1 amide bonds. The number of hydrogen-bond donors (Lipinski definition) is 1. The standard InChI is InChI=1S/C23H27FN2O/c24-20-11-9-18(10-12-20)22-21-4-2-1-3-17(21)13-14-26(22)23(27)19-7-5-16(15-25)6-8-19/h1-4,9-12,16,19,22H,5-8,13-15,25H2/t16?,19?,22-/m0/s1. The number of benzene rings is 2. The predicted octanol–water partition coefficient (Wildman–Crippen LogP) is 4.06. The molecule has 0 aromatic heterocycles. The van der Waals surface area contributed by atoms with Crippen molar-refractivity contribution in [1.29, 1.82) is 0 Å². The molecule has 3 nitrogen and oxygen atoms in total. The van der Waals surface area contributed by atoms with Crippen molar-refractivity contribution in [3.05, 3.63) is 71.0 Å². The Morgan fingerprint density at radius 3 is 2.44 bits per heavy atom. The molecule has 1 aliphatic heterocycles. The minimum absolute atomic E-state index is 0.0843. The van der Waals surface area contributed by atoms with Crippen molar-refractivity contribution in [1.82, 2.24) is 4.90 Å². The van der Waals surface area contributed by atoms with E-state index in [1.165, 1.54) is 23.3 Å². The summed E-state index contributed by atoms with van der Waals surface area (Å²) < 4.78 is 13.5. The monoisotopic (exact) mass is 366 g/mol. The van der Waals surface area contributed by atoms with E-state index < -0.39 is 0 Å². The zero-order valence-corrected chi connectivity index (χ0v) is 15.6. The van der Waals surface area contributed by atoms with Crippen LogP contribution in [0.1, 0.15) is 48.4 Å². The highest BCUT2D eigenvalue weighted by molar-refractivity contribution is 5.80. The minimum atomic E-state index is -0.249. The molecule has 0 saturated heterocycles. The van der Waals surface area contributed by atoms with E-state index in [9.17, 15) is 9.18 Å². The number of amides is 1. The maximum Gasteiger partial charge on any atom is 0.226 e. The molecule has 0 bridgehead atoms. The summed E-state index contributed by atoms with van der Waals surface area (Å²) >= 11 is 0. The van der Waals surface area contributed by atoms with Gasteiger partial charge in [0.25, 0.3) is 0 Å². The molecule has 27 heavy (non-hydrogen) atoms. The van der Waals surface area contributed by atoms with Crippen LogP contribution in [0.25, 0.3) is 0 Å². The van der Waals surface area contributed by atoms with Crippen LogP contribution >= 0.6 is 0 Å². The summed E-state index contributed by atoms with van der Waals surface area (Å²) in [7, 11) is 0. The average Bonchev–Trinajstić information content (AvgIpc) is 2.73. The van der Waals surface area contributed by atoms with E-state index in [1.54, 1.807) is 0 Å². The van der Waals surface area contributed by atoms with Crippen LogP contribution < -0.4 is 5.73 Å². The Labute approximate surface area is 160 Å². The van der Waals surface area contributed by atoms with Crippen LogP contribution in [0.3, 0.4) is 0 Å². The first kappa shape index (κ1) is 18.2. The molecule has 1 aliphatic carbocycles. The third-order valence-electron chi connectivity index (χ3n) is 6.28. The second kappa shape index (κ2) is 7.81. The van der Waals surface area contributed by atoms with Crippen molar-refractivity contribution < 1.29 is 9.18 Å². The van der Waals surface area contributed by atoms with Crippen molar-refractivity contribution in [2.45, 2.75) is 38.1 Å². The SMILES string of the molecule is NCC1CCC(C(=O)N2CCc3ccccc3[C@@H]2c2ccc(F)cc2)CC1. The lowest BCUT2D eigenvalue weighted by Gasteiger charge is -2.40. The number of hydrogen-bond acceptors (Lipinski definition) is 2. The molecule has 1 fully saturated rings. The lowest BCUT2D eigenvalue weighted by Crippen LogP contribution is -2.44. The Hall–Kier alpha value is -2.20. The number of halogens is 1. The molecule has 1 saturated carbocycles. The molecule has 2 aromatic carbocycles. The van der Waals surface area contributed by atoms with Crippen LogP contribution in [-0.2, 0) is 11.2 Å². The van der Waals surface area contributed by atoms with Crippen molar-refractivity contribution in [3.63, 3.8) is 0 Å². The van der Waals surface area contributed by atoms with E-state index >= 15 is 0 Å². The third-order valence-corrected chi connectivity index (χ3v) is 6.28. The Balaban J connectivity index is 1.64. The zero-order chi connectivity index (χ0) is 18.8. The maximum absolute atomic E-state index is 13.5. The summed E-state index contributed by atoms with van der Waals surface area (Å²) in [6.45, 7) is 1.44. The van der Waals surface area contributed by atoms with Crippen LogP contribution in [0.2, 0.25) is 0 Å². The van der Waals surface area contributed by atoms with Gasteiger partial charge < -0.3 is 10.6 Å². The molecule has 0 spiro atoms. The summed E-state index contributed by atoms with van der Waals surface area (Å²) in [5.41, 5.74) is 9.23. The van der Waals surface area contributed by atoms with E-state index in [0.29, 0.717) is 12.5 Å². The van der Waals surface area contributed by atoms with Crippen LogP contribution in [0.4, 0.5) is 4.39 Å². The van der Waals surface area contributed by atoms with E-state index in [1.807, 2.05) is 29.2 Å². The first-order chi connectivity index (χ1) is 13.2. The molecule has 142 valence electrons. The van der Waals surface area contributed by atoms with E-state index in [-0.39, 0.29) is 23.7 Å². The van der Waals surface area contributed by atoms with Gasteiger partial charge >= 0.3 is 0 Å². The molecule has 0 radical (unpaired) electrons. The summed E-state index contributed by atoms with van der Waals surface area (Å²) in [4.78, 5) is 15.5. The number of carbonyl (C=O) groups is 1. The Kier molecular flexibility index (Phi) is 5.26. The molecule has 4 heteroatoms. The van der Waals surface area contributed by atoms with E-state index in [0.717, 1.165) is 44.2 Å². The molecular weight excluding hydrogens is 339 g/mol. The van der Waals surface area contributed by atoms with Gasteiger partial charge in [-0.3, -0.25) is 4.79 Å². The number of nitrogens with two attached hydrogens (primary N) is 1. The highest BCUT2D eigenvalue weighted by Gasteiger charge is 2.36. The fraction of sp³-hybridized carbons (Fsp3) is 0.435. The van der Waals surface area contributed by atoms with Gasteiger partial charge in [-0.1, -0.05) is 36.4 Å². The summed E-state index contributed by atoms with van der Waals surface area (Å²) in [5.74, 6) is 0.639. The van der Waals surface area contributed by atoms with E-state index in [4.69, 9.17) is 5.73 Å². The topological polar surface area (TPSA) is 46.3 Å². The molecule has 0 unspecified atom stereocenters. The molecule has 2 aromatic rings. The van der Waals surface area contributed by atoms with Gasteiger partial charge in [0.2, 0.25) is 5.91 Å². The highest BCUT2D eigenvalue weighted by atomic mass is 19.1. The predicted molar refractivity (Wildman–Crippen MR) is 105 cm³/mol. The average molecular weight is 366 g/mol. The van der Waals surface area contributed by atoms with Crippen LogP contribution in [0.15, 0.2) is 48.5 Å². The zero-order valence-electron chi connectivity index (χ0n) is 15.6. The summed E-state index contributed by atoms with van der Waals surface area (Å²) in [6.07, 6.45) is 4.80. The van der Waals surface area contributed by atoms with Crippen LogP contribution in [0.5, 0.6) is 0 Å². The quantitative estimate of drug-likeness (QED) is 0.890.